The van der Waals surface area contributed by atoms with E-state index in [1.807, 2.05) is 25.1 Å². The van der Waals surface area contributed by atoms with E-state index >= 15 is 0 Å². The molecule has 0 aliphatic heterocycles. The van der Waals surface area contributed by atoms with Crippen molar-refractivity contribution in [3.8, 4) is 5.75 Å². The maximum absolute atomic E-state index is 14.9. The molecule has 154 valence electrons. The highest BCUT2D eigenvalue weighted by molar-refractivity contribution is 5.91. The van der Waals surface area contributed by atoms with Crippen LogP contribution >= 0.6 is 0 Å². The Kier molecular flexibility index (Phi) is 6.03. The molecular weight excluding hydrogens is 363 g/mol. The number of fused-ring (bicyclic) bond motifs is 1. The zero-order valence-corrected chi connectivity index (χ0v) is 17.5. The smallest absolute Gasteiger partial charge is 0.343 e. The van der Waals surface area contributed by atoms with Crippen LogP contribution in [0.5, 0.6) is 5.75 Å². The third-order valence-corrected chi connectivity index (χ3v) is 7.21. The van der Waals surface area contributed by atoms with E-state index in [2.05, 4.69) is 6.92 Å². The van der Waals surface area contributed by atoms with Crippen LogP contribution in [-0.2, 0) is 0 Å². The van der Waals surface area contributed by atoms with Gasteiger partial charge >= 0.3 is 5.97 Å². The molecule has 0 spiro atoms. The third kappa shape index (κ3) is 4.55. The van der Waals surface area contributed by atoms with E-state index in [9.17, 15) is 9.18 Å². The van der Waals surface area contributed by atoms with Crippen LogP contribution in [0.25, 0.3) is 0 Å². The molecule has 2 aromatic carbocycles. The predicted molar refractivity (Wildman–Crippen MR) is 114 cm³/mol. The summed E-state index contributed by atoms with van der Waals surface area (Å²) in [5.41, 5.74) is 2.13. The molecule has 0 N–H and O–H groups in total. The Bertz CT molecular complexity index is 858. The first-order valence-corrected chi connectivity index (χ1v) is 11.1. The standard InChI is InChI=1S/C26H31FO2/c1-3-18-6-7-20-15-21(9-8-19(20)14-18)24-13-10-22(16-25(24)27)26(28)29-23-11-4-17(2)5-12-23/h4-5,10-13,16,18-21H,3,6-9,14-15H2,1-2H3. The summed E-state index contributed by atoms with van der Waals surface area (Å²) in [5.74, 6) is 2.43. The summed E-state index contributed by atoms with van der Waals surface area (Å²) in [6.45, 7) is 4.28. The second-order valence-corrected chi connectivity index (χ2v) is 9.06. The minimum atomic E-state index is -0.513. The molecule has 29 heavy (non-hydrogen) atoms. The van der Waals surface area contributed by atoms with Crippen molar-refractivity contribution in [2.45, 2.75) is 64.7 Å². The van der Waals surface area contributed by atoms with Crippen LogP contribution in [0, 0.1) is 30.5 Å². The van der Waals surface area contributed by atoms with Gasteiger partial charge in [-0.3, -0.25) is 0 Å². The molecule has 0 heterocycles. The highest BCUT2D eigenvalue weighted by Crippen LogP contribution is 2.48. The SMILES string of the molecule is CCC1CCC2CC(c3ccc(C(=O)Oc4ccc(C)cc4)cc3F)CCC2C1. The number of ether oxygens (including phenoxy) is 1. The number of carbonyl (C=O) groups excluding carboxylic acids is 1. The van der Waals surface area contributed by atoms with Gasteiger partial charge in [-0.25, -0.2) is 9.18 Å². The van der Waals surface area contributed by atoms with Crippen molar-refractivity contribution >= 4 is 5.97 Å². The van der Waals surface area contributed by atoms with Gasteiger partial charge in [0.15, 0.2) is 0 Å². The lowest BCUT2D eigenvalue weighted by Crippen LogP contribution is -2.30. The van der Waals surface area contributed by atoms with Gasteiger partial charge in [0.05, 0.1) is 5.56 Å². The van der Waals surface area contributed by atoms with Crippen LogP contribution in [0.3, 0.4) is 0 Å². The van der Waals surface area contributed by atoms with Crippen LogP contribution in [0.15, 0.2) is 42.5 Å². The Hall–Kier alpha value is -2.16. The van der Waals surface area contributed by atoms with Crippen molar-refractivity contribution in [3.63, 3.8) is 0 Å². The van der Waals surface area contributed by atoms with Crippen molar-refractivity contribution in [1.82, 2.24) is 0 Å². The Balaban J connectivity index is 1.42. The van der Waals surface area contributed by atoms with E-state index < -0.39 is 5.97 Å². The van der Waals surface area contributed by atoms with Crippen molar-refractivity contribution in [3.05, 3.63) is 65.0 Å². The van der Waals surface area contributed by atoms with Gasteiger partial charge in [-0.1, -0.05) is 43.5 Å². The van der Waals surface area contributed by atoms with Crippen LogP contribution in [0.1, 0.15) is 79.3 Å². The van der Waals surface area contributed by atoms with Crippen molar-refractivity contribution in [2.75, 3.05) is 0 Å². The summed E-state index contributed by atoms with van der Waals surface area (Å²) in [7, 11) is 0. The van der Waals surface area contributed by atoms with Gasteiger partial charge in [0.2, 0.25) is 0 Å². The first-order chi connectivity index (χ1) is 14.0. The fourth-order valence-electron chi connectivity index (χ4n) is 5.40. The monoisotopic (exact) mass is 394 g/mol. The van der Waals surface area contributed by atoms with E-state index in [4.69, 9.17) is 4.74 Å². The third-order valence-electron chi connectivity index (χ3n) is 7.21. The van der Waals surface area contributed by atoms with Gasteiger partial charge < -0.3 is 4.74 Å². The van der Waals surface area contributed by atoms with Crippen LogP contribution in [0.4, 0.5) is 4.39 Å². The molecule has 2 aliphatic carbocycles. The lowest BCUT2D eigenvalue weighted by atomic mass is 9.63. The normalized spacial score (nSPS) is 26.6. The van der Waals surface area contributed by atoms with Crippen LogP contribution in [-0.4, -0.2) is 5.97 Å². The van der Waals surface area contributed by atoms with Gasteiger partial charge in [-0.2, -0.15) is 0 Å². The van der Waals surface area contributed by atoms with Gasteiger partial charge in [0.1, 0.15) is 11.6 Å². The summed E-state index contributed by atoms with van der Waals surface area (Å²) < 4.78 is 20.3. The summed E-state index contributed by atoms with van der Waals surface area (Å²) in [5, 5.41) is 0. The minimum Gasteiger partial charge on any atom is -0.423 e. The fraction of sp³-hybridized carbons (Fsp3) is 0.500. The molecule has 0 bridgehead atoms. The van der Waals surface area contributed by atoms with Crippen molar-refractivity contribution in [2.24, 2.45) is 17.8 Å². The molecule has 0 aromatic heterocycles. The number of hydrogen-bond acceptors (Lipinski definition) is 2. The summed E-state index contributed by atoms with van der Waals surface area (Å²) in [4.78, 5) is 12.4. The topological polar surface area (TPSA) is 26.3 Å². The van der Waals surface area contributed by atoms with E-state index in [0.717, 1.165) is 41.7 Å². The average Bonchev–Trinajstić information content (AvgIpc) is 2.74. The fourth-order valence-corrected chi connectivity index (χ4v) is 5.40. The predicted octanol–water partition coefficient (Wildman–Crippen LogP) is 7.06. The van der Waals surface area contributed by atoms with E-state index in [-0.39, 0.29) is 17.3 Å². The first kappa shape index (κ1) is 20.1. The highest BCUT2D eigenvalue weighted by atomic mass is 19.1. The molecule has 0 amide bonds. The molecule has 4 rings (SSSR count). The number of halogens is 1. The molecular formula is C26H31FO2. The van der Waals surface area contributed by atoms with E-state index in [1.165, 1.54) is 38.2 Å². The number of rotatable bonds is 4. The van der Waals surface area contributed by atoms with Crippen molar-refractivity contribution in [1.29, 1.82) is 0 Å². The molecule has 2 fully saturated rings. The highest BCUT2D eigenvalue weighted by Gasteiger charge is 2.36. The Morgan fingerprint density at radius 2 is 1.72 bits per heavy atom. The molecule has 0 radical (unpaired) electrons. The second kappa shape index (κ2) is 8.69. The van der Waals surface area contributed by atoms with Gasteiger partial charge in [0, 0.05) is 0 Å². The molecule has 2 nitrogen and oxygen atoms in total. The average molecular weight is 395 g/mol. The molecule has 2 saturated carbocycles. The minimum absolute atomic E-state index is 0.268. The zero-order chi connectivity index (χ0) is 20.4. The number of esters is 1. The summed E-state index contributed by atoms with van der Waals surface area (Å²) >= 11 is 0. The van der Waals surface area contributed by atoms with Gasteiger partial charge in [0.25, 0.3) is 0 Å². The van der Waals surface area contributed by atoms with Crippen molar-refractivity contribution < 1.29 is 13.9 Å². The van der Waals surface area contributed by atoms with Crippen LogP contribution in [0.2, 0.25) is 0 Å². The first-order valence-electron chi connectivity index (χ1n) is 11.1. The number of carbonyl (C=O) groups is 1. The largest absolute Gasteiger partial charge is 0.423 e. The lowest BCUT2D eigenvalue weighted by molar-refractivity contribution is 0.0734. The number of aryl methyl sites for hydroxylation is 1. The molecule has 2 aromatic rings. The quantitative estimate of drug-likeness (QED) is 0.410. The lowest BCUT2D eigenvalue weighted by Gasteiger charge is -2.42. The number of hydrogen-bond donors (Lipinski definition) is 0. The Labute approximate surface area is 173 Å². The summed E-state index contributed by atoms with van der Waals surface area (Å²) in [6.07, 6.45) is 8.63. The summed E-state index contributed by atoms with van der Waals surface area (Å²) in [6, 6.07) is 12.2. The van der Waals surface area contributed by atoms with Gasteiger partial charge in [-0.05, 0) is 92.5 Å². The zero-order valence-electron chi connectivity index (χ0n) is 17.5. The molecule has 2 aliphatic rings. The van der Waals surface area contributed by atoms with E-state index in [1.54, 1.807) is 18.2 Å². The maximum Gasteiger partial charge on any atom is 0.343 e. The Morgan fingerprint density at radius 1 is 1.00 bits per heavy atom. The molecule has 0 saturated heterocycles. The molecule has 4 atom stereocenters. The van der Waals surface area contributed by atoms with Crippen LogP contribution < -0.4 is 4.74 Å². The second-order valence-electron chi connectivity index (χ2n) is 9.06. The molecule has 3 heteroatoms. The maximum atomic E-state index is 14.9. The molecule has 4 unspecified atom stereocenters. The Morgan fingerprint density at radius 3 is 2.45 bits per heavy atom. The van der Waals surface area contributed by atoms with E-state index in [0.29, 0.717) is 5.75 Å². The number of benzene rings is 2. The van der Waals surface area contributed by atoms with Gasteiger partial charge in [-0.15, -0.1) is 0 Å².